The average molecular weight is 312 g/mol. The number of ether oxygens (including phenoxy) is 1. The van der Waals surface area contributed by atoms with Crippen molar-refractivity contribution in [3.8, 4) is 0 Å². The predicted octanol–water partition coefficient (Wildman–Crippen LogP) is 3.95. The minimum atomic E-state index is -0.427. The van der Waals surface area contributed by atoms with Crippen LogP contribution in [0.4, 0.5) is 4.79 Å². The summed E-state index contributed by atoms with van der Waals surface area (Å²) in [5.74, 6) is 1.66. The Morgan fingerprint density at radius 1 is 1.00 bits per heavy atom. The van der Waals surface area contributed by atoms with Gasteiger partial charge in [-0.05, 0) is 70.3 Å². The van der Waals surface area contributed by atoms with E-state index in [1.807, 2.05) is 20.8 Å². The highest BCUT2D eigenvalue weighted by atomic mass is 16.6. The molecule has 2 N–H and O–H groups in total. The Labute approximate surface area is 136 Å². The van der Waals surface area contributed by atoms with E-state index in [0.29, 0.717) is 12.0 Å². The maximum Gasteiger partial charge on any atom is 0.407 e. The zero-order valence-corrected chi connectivity index (χ0v) is 15.4. The predicted molar refractivity (Wildman–Crippen MR) is 92.0 cm³/mol. The first-order valence-electron chi connectivity index (χ1n) is 8.75. The Hall–Kier alpha value is -0.770. The van der Waals surface area contributed by atoms with Gasteiger partial charge in [0, 0.05) is 13.1 Å². The molecule has 4 heteroatoms. The van der Waals surface area contributed by atoms with Gasteiger partial charge in [-0.15, -0.1) is 0 Å². The molecule has 0 aromatic heterocycles. The van der Waals surface area contributed by atoms with Crippen LogP contribution in [0.15, 0.2) is 0 Å². The van der Waals surface area contributed by atoms with Gasteiger partial charge in [0.05, 0.1) is 0 Å². The minimum absolute atomic E-state index is 0.333. The lowest BCUT2D eigenvalue weighted by Gasteiger charge is -2.37. The van der Waals surface area contributed by atoms with Crippen LogP contribution in [0.25, 0.3) is 0 Å². The fourth-order valence-corrected chi connectivity index (χ4v) is 3.11. The van der Waals surface area contributed by atoms with E-state index in [2.05, 4.69) is 31.4 Å². The van der Waals surface area contributed by atoms with Gasteiger partial charge in [-0.3, -0.25) is 0 Å². The molecule has 0 aromatic rings. The van der Waals surface area contributed by atoms with Crippen molar-refractivity contribution in [2.24, 2.45) is 17.3 Å². The lowest BCUT2D eigenvalue weighted by Crippen LogP contribution is -2.38. The fourth-order valence-electron chi connectivity index (χ4n) is 3.11. The fraction of sp³-hybridized carbons (Fsp3) is 0.944. The molecular formula is C18H36N2O2. The molecule has 1 saturated carbocycles. The highest BCUT2D eigenvalue weighted by Crippen LogP contribution is 2.39. The third-order valence-electron chi connectivity index (χ3n) is 4.47. The van der Waals surface area contributed by atoms with Crippen LogP contribution in [0.5, 0.6) is 0 Å². The van der Waals surface area contributed by atoms with Crippen LogP contribution in [0, 0.1) is 17.3 Å². The van der Waals surface area contributed by atoms with Crippen LogP contribution in [0.1, 0.15) is 67.2 Å². The van der Waals surface area contributed by atoms with Gasteiger partial charge in [-0.2, -0.15) is 0 Å². The van der Waals surface area contributed by atoms with Crippen molar-refractivity contribution in [1.82, 2.24) is 10.6 Å². The maximum absolute atomic E-state index is 11.5. The summed E-state index contributed by atoms with van der Waals surface area (Å²) in [6.07, 6.45) is 5.03. The van der Waals surface area contributed by atoms with Gasteiger partial charge in [0.1, 0.15) is 5.60 Å². The third-order valence-corrected chi connectivity index (χ3v) is 4.47. The minimum Gasteiger partial charge on any atom is -0.444 e. The van der Waals surface area contributed by atoms with Crippen LogP contribution < -0.4 is 10.6 Å². The molecular weight excluding hydrogens is 276 g/mol. The standard InChI is InChI=1S/C18H36N2O2/c1-17(2,3)15-9-7-14(8-10-15)13-19-11-12-20-16(21)22-18(4,5)6/h14-15,19H,7-13H2,1-6H3,(H,20,21). The number of carbonyl (C=O) groups excluding carboxylic acids is 1. The highest BCUT2D eigenvalue weighted by Gasteiger charge is 2.29. The van der Waals surface area contributed by atoms with Gasteiger partial charge in [0.25, 0.3) is 0 Å². The van der Waals surface area contributed by atoms with Crippen LogP contribution in [0.3, 0.4) is 0 Å². The summed E-state index contributed by atoms with van der Waals surface area (Å²) in [6, 6.07) is 0. The number of hydrogen-bond donors (Lipinski definition) is 2. The molecule has 0 aliphatic heterocycles. The van der Waals surface area contributed by atoms with Crippen molar-refractivity contribution in [1.29, 1.82) is 0 Å². The van der Waals surface area contributed by atoms with Gasteiger partial charge >= 0.3 is 6.09 Å². The molecule has 0 aromatic carbocycles. The normalized spacial score (nSPS) is 23.2. The lowest BCUT2D eigenvalue weighted by atomic mass is 9.70. The molecule has 4 nitrogen and oxygen atoms in total. The van der Waals surface area contributed by atoms with Crippen LogP contribution in [0.2, 0.25) is 0 Å². The molecule has 0 radical (unpaired) electrons. The smallest absolute Gasteiger partial charge is 0.407 e. The molecule has 1 aliphatic rings. The Kier molecular flexibility index (Phi) is 7.17. The first kappa shape index (κ1) is 19.3. The SMILES string of the molecule is CC(C)(C)OC(=O)NCCNCC1CCC(C(C)(C)C)CC1. The van der Waals surface area contributed by atoms with Gasteiger partial charge in [0.15, 0.2) is 0 Å². The summed E-state index contributed by atoms with van der Waals surface area (Å²) in [4.78, 5) is 11.5. The number of alkyl carbamates (subject to hydrolysis) is 1. The van der Waals surface area contributed by atoms with E-state index in [-0.39, 0.29) is 6.09 Å². The van der Waals surface area contributed by atoms with Gasteiger partial charge in [0.2, 0.25) is 0 Å². The maximum atomic E-state index is 11.5. The van der Waals surface area contributed by atoms with Crippen LogP contribution >= 0.6 is 0 Å². The first-order valence-corrected chi connectivity index (χ1v) is 8.75. The second kappa shape index (κ2) is 8.19. The van der Waals surface area contributed by atoms with E-state index >= 15 is 0 Å². The number of amides is 1. The van der Waals surface area contributed by atoms with Crippen molar-refractivity contribution < 1.29 is 9.53 Å². The molecule has 1 rings (SSSR count). The summed E-state index contributed by atoms with van der Waals surface area (Å²) in [5.41, 5.74) is 0.0267. The van der Waals surface area contributed by atoms with E-state index in [4.69, 9.17) is 4.74 Å². The molecule has 1 aliphatic carbocycles. The Bertz CT molecular complexity index is 334. The molecule has 1 fully saturated rings. The number of hydrogen-bond acceptors (Lipinski definition) is 3. The molecule has 0 unspecified atom stereocenters. The molecule has 130 valence electrons. The largest absolute Gasteiger partial charge is 0.444 e. The van der Waals surface area contributed by atoms with Crippen LogP contribution in [-0.2, 0) is 4.74 Å². The summed E-state index contributed by atoms with van der Waals surface area (Å²) in [6.45, 7) is 15.2. The quantitative estimate of drug-likeness (QED) is 0.756. The molecule has 0 spiro atoms. The number of carbonyl (C=O) groups is 1. The Morgan fingerprint density at radius 3 is 2.09 bits per heavy atom. The Morgan fingerprint density at radius 2 is 1.59 bits per heavy atom. The van der Waals surface area contributed by atoms with E-state index < -0.39 is 5.60 Å². The van der Waals surface area contributed by atoms with E-state index in [1.165, 1.54) is 25.7 Å². The van der Waals surface area contributed by atoms with Crippen molar-refractivity contribution in [3.63, 3.8) is 0 Å². The summed E-state index contributed by atoms with van der Waals surface area (Å²) < 4.78 is 5.20. The molecule has 0 bridgehead atoms. The van der Waals surface area contributed by atoms with Gasteiger partial charge in [-0.1, -0.05) is 20.8 Å². The highest BCUT2D eigenvalue weighted by molar-refractivity contribution is 5.67. The second-order valence-electron chi connectivity index (χ2n) is 8.72. The number of nitrogens with one attached hydrogen (secondary N) is 2. The molecule has 0 saturated heterocycles. The molecule has 0 atom stereocenters. The topological polar surface area (TPSA) is 50.4 Å². The monoisotopic (exact) mass is 312 g/mol. The molecule has 22 heavy (non-hydrogen) atoms. The summed E-state index contributed by atoms with van der Waals surface area (Å²) in [7, 11) is 0. The summed E-state index contributed by atoms with van der Waals surface area (Å²) in [5, 5.41) is 6.24. The van der Waals surface area contributed by atoms with E-state index in [1.54, 1.807) is 0 Å². The van der Waals surface area contributed by atoms with Crippen LogP contribution in [-0.4, -0.2) is 31.3 Å². The summed E-state index contributed by atoms with van der Waals surface area (Å²) >= 11 is 0. The van der Waals surface area contributed by atoms with Crippen molar-refractivity contribution in [2.45, 2.75) is 72.8 Å². The van der Waals surface area contributed by atoms with Gasteiger partial charge < -0.3 is 15.4 Å². The van der Waals surface area contributed by atoms with Crippen molar-refractivity contribution in [3.05, 3.63) is 0 Å². The third kappa shape index (κ3) is 8.02. The molecule has 1 amide bonds. The van der Waals surface area contributed by atoms with E-state index in [9.17, 15) is 4.79 Å². The lowest BCUT2D eigenvalue weighted by molar-refractivity contribution is 0.0528. The van der Waals surface area contributed by atoms with Crippen molar-refractivity contribution in [2.75, 3.05) is 19.6 Å². The average Bonchev–Trinajstić information content (AvgIpc) is 2.35. The first-order chi connectivity index (χ1) is 10.1. The Balaban J connectivity index is 2.06. The molecule has 0 heterocycles. The zero-order chi connectivity index (χ0) is 16.8. The number of rotatable bonds is 5. The zero-order valence-electron chi connectivity index (χ0n) is 15.4. The van der Waals surface area contributed by atoms with Crippen molar-refractivity contribution >= 4 is 6.09 Å². The van der Waals surface area contributed by atoms with E-state index in [0.717, 1.165) is 24.9 Å². The second-order valence-corrected chi connectivity index (χ2v) is 8.72. The van der Waals surface area contributed by atoms with Gasteiger partial charge in [-0.25, -0.2) is 4.79 Å².